The number of nitrogens with zero attached hydrogens (tertiary/aromatic N) is 1. The quantitative estimate of drug-likeness (QED) is 0.715. The summed E-state index contributed by atoms with van der Waals surface area (Å²) in [5.41, 5.74) is 7.66. The van der Waals surface area contributed by atoms with Gasteiger partial charge in [-0.1, -0.05) is 49.2 Å². The third-order valence-electron chi connectivity index (χ3n) is 3.22. The molecule has 1 rings (SSSR count). The summed E-state index contributed by atoms with van der Waals surface area (Å²) >= 11 is 3.52. The van der Waals surface area contributed by atoms with Gasteiger partial charge >= 0.3 is 0 Å². The van der Waals surface area contributed by atoms with Gasteiger partial charge < -0.3 is 16.0 Å². The summed E-state index contributed by atoms with van der Waals surface area (Å²) in [5.74, 6) is -0.297. The number of primary amides is 1. The van der Waals surface area contributed by atoms with Crippen LogP contribution in [0.15, 0.2) is 22.7 Å². The summed E-state index contributed by atoms with van der Waals surface area (Å²) < 4.78 is 1.01. The van der Waals surface area contributed by atoms with Gasteiger partial charge in [0, 0.05) is 29.3 Å². The minimum Gasteiger partial charge on any atom is -0.368 e. The molecule has 1 aromatic rings. The zero-order valence-corrected chi connectivity index (χ0v) is 14.7. The fraction of sp³-hybridized carbons (Fsp3) is 0.562. The second-order valence-corrected chi connectivity index (χ2v) is 6.47. The van der Waals surface area contributed by atoms with Gasteiger partial charge in [0.05, 0.1) is 6.54 Å². The van der Waals surface area contributed by atoms with Crippen LogP contribution in [0.4, 0.5) is 5.69 Å². The first-order chi connectivity index (χ1) is 9.93. The second-order valence-electron chi connectivity index (χ2n) is 5.55. The first kappa shape index (κ1) is 18.0. The summed E-state index contributed by atoms with van der Waals surface area (Å²) in [5, 5.41) is 3.43. The van der Waals surface area contributed by atoms with Crippen molar-refractivity contribution < 1.29 is 4.79 Å². The Hall–Kier alpha value is -1.07. The van der Waals surface area contributed by atoms with E-state index in [1.807, 2.05) is 6.07 Å². The molecular formula is C16H26BrN3O. The first-order valence-corrected chi connectivity index (χ1v) is 8.28. The van der Waals surface area contributed by atoms with Crippen LogP contribution in [0.5, 0.6) is 0 Å². The number of benzene rings is 1. The molecule has 0 aromatic heterocycles. The van der Waals surface area contributed by atoms with E-state index in [0.717, 1.165) is 36.1 Å². The number of nitrogens with one attached hydrogen (secondary N) is 1. The Labute approximate surface area is 136 Å². The molecule has 0 unspecified atom stereocenters. The molecule has 0 bridgehead atoms. The van der Waals surface area contributed by atoms with E-state index in [1.54, 1.807) is 0 Å². The van der Waals surface area contributed by atoms with Crippen LogP contribution in [0, 0.1) is 0 Å². The molecule has 0 aliphatic rings. The van der Waals surface area contributed by atoms with Crippen molar-refractivity contribution in [1.82, 2.24) is 5.32 Å². The van der Waals surface area contributed by atoms with Crippen molar-refractivity contribution >= 4 is 27.5 Å². The minimum absolute atomic E-state index is 0.255. The molecule has 0 radical (unpaired) electrons. The van der Waals surface area contributed by atoms with Gasteiger partial charge in [0.2, 0.25) is 5.91 Å². The predicted octanol–water partition coefficient (Wildman–Crippen LogP) is 3.04. The van der Waals surface area contributed by atoms with E-state index >= 15 is 0 Å². The van der Waals surface area contributed by atoms with E-state index in [4.69, 9.17) is 5.73 Å². The molecule has 1 amide bonds. The summed E-state index contributed by atoms with van der Waals surface area (Å²) in [6.07, 6.45) is 2.12. The van der Waals surface area contributed by atoms with Gasteiger partial charge in [-0.05, 0) is 24.1 Å². The van der Waals surface area contributed by atoms with Crippen molar-refractivity contribution in [1.29, 1.82) is 0 Å². The lowest BCUT2D eigenvalue weighted by Gasteiger charge is -2.26. The number of hydrogen-bond acceptors (Lipinski definition) is 3. The van der Waals surface area contributed by atoms with Crippen LogP contribution in [0.25, 0.3) is 0 Å². The predicted molar refractivity (Wildman–Crippen MR) is 92.4 cm³/mol. The van der Waals surface area contributed by atoms with Crippen molar-refractivity contribution in [3.05, 3.63) is 28.2 Å². The highest BCUT2D eigenvalue weighted by Crippen LogP contribution is 2.25. The molecule has 1 aromatic carbocycles. The average Bonchev–Trinajstić information content (AvgIpc) is 2.41. The summed E-state index contributed by atoms with van der Waals surface area (Å²) in [7, 11) is 0. The molecule has 0 saturated heterocycles. The number of unbranched alkanes of at least 4 members (excludes halogenated alkanes) is 1. The molecule has 3 N–H and O–H groups in total. The van der Waals surface area contributed by atoms with E-state index in [-0.39, 0.29) is 12.5 Å². The number of carbonyl (C=O) groups excluding carboxylic acids is 1. The highest BCUT2D eigenvalue weighted by Gasteiger charge is 2.14. The highest BCUT2D eigenvalue weighted by atomic mass is 79.9. The van der Waals surface area contributed by atoms with Crippen LogP contribution < -0.4 is 16.0 Å². The van der Waals surface area contributed by atoms with Crippen molar-refractivity contribution in [3.8, 4) is 0 Å². The Morgan fingerprint density at radius 2 is 2.14 bits per heavy atom. The van der Waals surface area contributed by atoms with Crippen LogP contribution in [-0.4, -0.2) is 25.0 Å². The Kier molecular flexibility index (Phi) is 7.75. The van der Waals surface area contributed by atoms with Crippen molar-refractivity contribution in [3.63, 3.8) is 0 Å². The average molecular weight is 356 g/mol. The maximum atomic E-state index is 11.4. The standard InChI is InChI=1S/C16H26BrN3O/c1-4-5-8-20(11-16(18)21)15-9-14(17)7-6-13(15)10-19-12(2)3/h6-7,9,12,19H,4-5,8,10-11H2,1-3H3,(H2,18,21). The molecule has 5 heteroatoms. The zero-order chi connectivity index (χ0) is 15.8. The number of anilines is 1. The zero-order valence-electron chi connectivity index (χ0n) is 13.2. The lowest BCUT2D eigenvalue weighted by Crippen LogP contribution is -2.35. The van der Waals surface area contributed by atoms with Crippen LogP contribution in [0.1, 0.15) is 39.2 Å². The van der Waals surface area contributed by atoms with E-state index < -0.39 is 0 Å². The van der Waals surface area contributed by atoms with Crippen molar-refractivity contribution in [2.75, 3.05) is 18.0 Å². The topological polar surface area (TPSA) is 58.4 Å². The molecule has 0 saturated carbocycles. The maximum absolute atomic E-state index is 11.4. The highest BCUT2D eigenvalue weighted by molar-refractivity contribution is 9.10. The first-order valence-electron chi connectivity index (χ1n) is 7.49. The molecule has 4 nitrogen and oxygen atoms in total. The SMILES string of the molecule is CCCCN(CC(N)=O)c1cc(Br)ccc1CNC(C)C. The number of halogens is 1. The molecule has 0 aliphatic heterocycles. The van der Waals surface area contributed by atoms with Gasteiger partial charge in [-0.2, -0.15) is 0 Å². The number of nitrogens with two attached hydrogens (primary N) is 1. The molecule has 0 heterocycles. The van der Waals surface area contributed by atoms with E-state index in [9.17, 15) is 4.79 Å². The normalized spacial score (nSPS) is 10.9. The molecule has 0 aliphatic carbocycles. The van der Waals surface area contributed by atoms with Gasteiger partial charge in [-0.15, -0.1) is 0 Å². The number of carbonyl (C=O) groups is 1. The molecule has 0 fully saturated rings. The van der Waals surface area contributed by atoms with Gasteiger partial charge in [0.1, 0.15) is 0 Å². The molecule has 21 heavy (non-hydrogen) atoms. The van der Waals surface area contributed by atoms with Crippen LogP contribution in [0.2, 0.25) is 0 Å². The maximum Gasteiger partial charge on any atom is 0.236 e. The van der Waals surface area contributed by atoms with Crippen LogP contribution in [0.3, 0.4) is 0 Å². The number of amides is 1. The van der Waals surface area contributed by atoms with Crippen molar-refractivity contribution in [2.24, 2.45) is 5.73 Å². The Bertz CT molecular complexity index is 463. The van der Waals surface area contributed by atoms with Crippen LogP contribution in [-0.2, 0) is 11.3 Å². The fourth-order valence-corrected chi connectivity index (χ4v) is 2.47. The Morgan fingerprint density at radius 3 is 2.71 bits per heavy atom. The number of rotatable bonds is 9. The van der Waals surface area contributed by atoms with Crippen molar-refractivity contribution in [2.45, 2.75) is 46.2 Å². The van der Waals surface area contributed by atoms with Gasteiger partial charge in [0.25, 0.3) is 0 Å². The smallest absolute Gasteiger partial charge is 0.236 e. The number of hydrogen-bond donors (Lipinski definition) is 2. The van der Waals surface area contributed by atoms with Crippen LogP contribution >= 0.6 is 15.9 Å². The second kappa shape index (κ2) is 9.05. The Morgan fingerprint density at radius 1 is 1.43 bits per heavy atom. The largest absolute Gasteiger partial charge is 0.368 e. The van der Waals surface area contributed by atoms with E-state index in [0.29, 0.717) is 6.04 Å². The summed E-state index contributed by atoms with van der Waals surface area (Å²) in [6, 6.07) is 6.61. The van der Waals surface area contributed by atoms with Gasteiger partial charge in [-0.25, -0.2) is 0 Å². The third-order valence-corrected chi connectivity index (χ3v) is 3.71. The third kappa shape index (κ3) is 6.48. The van der Waals surface area contributed by atoms with E-state index in [1.165, 1.54) is 5.56 Å². The fourth-order valence-electron chi connectivity index (χ4n) is 2.12. The lowest BCUT2D eigenvalue weighted by molar-refractivity contribution is -0.116. The summed E-state index contributed by atoms with van der Waals surface area (Å²) in [4.78, 5) is 13.4. The van der Waals surface area contributed by atoms with Gasteiger partial charge in [-0.3, -0.25) is 4.79 Å². The van der Waals surface area contributed by atoms with Gasteiger partial charge in [0.15, 0.2) is 0 Å². The van der Waals surface area contributed by atoms with E-state index in [2.05, 4.69) is 59.1 Å². The minimum atomic E-state index is -0.297. The molecule has 118 valence electrons. The summed E-state index contributed by atoms with van der Waals surface area (Å²) in [6.45, 7) is 8.26. The Balaban J connectivity index is 3.01. The monoisotopic (exact) mass is 355 g/mol. The molecular weight excluding hydrogens is 330 g/mol. The molecule has 0 atom stereocenters. The molecule has 0 spiro atoms. The lowest BCUT2D eigenvalue weighted by atomic mass is 10.1.